The summed E-state index contributed by atoms with van der Waals surface area (Å²) in [5, 5.41) is 9.52. The molecule has 3 aromatic heterocycles. The van der Waals surface area contributed by atoms with E-state index in [9.17, 15) is 14.7 Å². The summed E-state index contributed by atoms with van der Waals surface area (Å²) in [6.07, 6.45) is 6.09. The molecule has 3 aliphatic rings. The number of Topliss-reactive ketones (excluding diaryl/α,β-unsaturated/α-hetero) is 1. The second kappa shape index (κ2) is 11.5. The topological polar surface area (TPSA) is 107 Å². The Balaban J connectivity index is 0.979. The highest BCUT2D eigenvalue weighted by molar-refractivity contribution is 7.14. The van der Waals surface area contributed by atoms with E-state index in [1.807, 2.05) is 36.4 Å². The van der Waals surface area contributed by atoms with E-state index in [4.69, 9.17) is 19.4 Å². The lowest BCUT2D eigenvalue weighted by molar-refractivity contribution is -0.0590. The average Bonchev–Trinajstić information content (AvgIpc) is 3.63. The SMILES string of the molecule is O=C(O)c1ccc2nc(CC3CCN(c4cccc(OCc5ccc(C(=O)C6CC6)s5)n4)CC3)n(C[C@@H]3CCO3)c2c1. The third-order valence-electron chi connectivity index (χ3n) is 8.59. The summed E-state index contributed by atoms with van der Waals surface area (Å²) in [7, 11) is 0. The summed E-state index contributed by atoms with van der Waals surface area (Å²) >= 11 is 1.52. The Morgan fingerprint density at radius 2 is 1.86 bits per heavy atom. The molecule has 1 saturated carbocycles. The molecule has 0 radical (unpaired) electrons. The highest BCUT2D eigenvalue weighted by Gasteiger charge is 2.31. The Kier molecular flexibility index (Phi) is 7.41. The summed E-state index contributed by atoms with van der Waals surface area (Å²) in [4.78, 5) is 37.8. The quantitative estimate of drug-likeness (QED) is 0.226. The average molecular weight is 587 g/mol. The van der Waals surface area contributed by atoms with E-state index < -0.39 is 5.97 Å². The zero-order chi connectivity index (χ0) is 28.6. The predicted molar refractivity (Wildman–Crippen MR) is 160 cm³/mol. The summed E-state index contributed by atoms with van der Waals surface area (Å²) in [5.41, 5.74) is 1.98. The van der Waals surface area contributed by atoms with E-state index in [0.29, 0.717) is 24.9 Å². The van der Waals surface area contributed by atoms with Gasteiger partial charge in [-0.25, -0.2) is 9.78 Å². The van der Waals surface area contributed by atoms with Crippen LogP contribution >= 0.6 is 11.3 Å². The number of aromatic nitrogens is 3. The Bertz CT molecular complexity index is 1610. The van der Waals surface area contributed by atoms with Crippen LogP contribution in [0.4, 0.5) is 5.82 Å². The van der Waals surface area contributed by atoms with Crippen LogP contribution in [0, 0.1) is 11.8 Å². The number of aromatic carboxylic acids is 1. The number of anilines is 1. The van der Waals surface area contributed by atoms with Crippen LogP contribution in [0.2, 0.25) is 0 Å². The second-order valence-electron chi connectivity index (χ2n) is 11.6. The van der Waals surface area contributed by atoms with Gasteiger partial charge in [0, 0.05) is 43.0 Å². The van der Waals surface area contributed by atoms with Crippen molar-refractivity contribution in [2.45, 2.75) is 57.8 Å². The van der Waals surface area contributed by atoms with Crippen LogP contribution in [0.15, 0.2) is 48.5 Å². The molecule has 1 atom stereocenters. The van der Waals surface area contributed by atoms with Crippen molar-refractivity contribution in [3.05, 3.63) is 69.7 Å². The minimum atomic E-state index is -0.928. The van der Waals surface area contributed by atoms with Crippen LogP contribution in [-0.2, 0) is 24.3 Å². The van der Waals surface area contributed by atoms with Gasteiger partial charge in [0.2, 0.25) is 5.88 Å². The lowest BCUT2D eigenvalue weighted by Gasteiger charge is -2.33. The number of rotatable bonds is 11. The van der Waals surface area contributed by atoms with Crippen LogP contribution in [0.25, 0.3) is 11.0 Å². The van der Waals surface area contributed by atoms with Crippen LogP contribution in [-0.4, -0.2) is 57.2 Å². The van der Waals surface area contributed by atoms with Gasteiger partial charge in [-0.2, -0.15) is 4.98 Å². The third kappa shape index (κ3) is 5.78. The number of carboxylic acids is 1. The number of ketones is 1. The van der Waals surface area contributed by atoms with Gasteiger partial charge in [0.15, 0.2) is 5.78 Å². The molecule has 0 spiro atoms. The Morgan fingerprint density at radius 1 is 1.02 bits per heavy atom. The van der Waals surface area contributed by atoms with E-state index in [0.717, 1.165) is 90.7 Å². The number of piperidine rings is 1. The Morgan fingerprint density at radius 3 is 2.60 bits per heavy atom. The second-order valence-corrected chi connectivity index (χ2v) is 12.8. The van der Waals surface area contributed by atoms with Crippen LogP contribution < -0.4 is 9.64 Å². The maximum absolute atomic E-state index is 12.3. The molecule has 0 bridgehead atoms. The number of carbonyl (C=O) groups is 2. The van der Waals surface area contributed by atoms with Crippen molar-refractivity contribution in [3.63, 3.8) is 0 Å². The fourth-order valence-corrected chi connectivity index (χ4v) is 6.80. The smallest absolute Gasteiger partial charge is 0.335 e. The molecule has 5 heterocycles. The summed E-state index contributed by atoms with van der Waals surface area (Å²) < 4.78 is 13.9. The van der Waals surface area contributed by atoms with Crippen LogP contribution in [0.5, 0.6) is 5.88 Å². The Hall–Kier alpha value is -3.76. The first-order valence-corrected chi connectivity index (χ1v) is 15.6. The standard InChI is InChI=1S/C32H34N4O5S/c37-31(21-4-5-21)27-9-7-24(42-27)19-41-30-3-1-2-28(34-30)35-13-10-20(11-14-35)16-29-33-25-8-6-22(32(38)39)17-26(25)36(29)18-23-12-15-40-23/h1-3,6-9,17,20-21,23H,4-5,10-16,18-19H2,(H,38,39)/t23-/m0/s1. The van der Waals surface area contributed by atoms with Gasteiger partial charge in [0.25, 0.3) is 0 Å². The molecule has 42 heavy (non-hydrogen) atoms. The molecular formula is C32H34N4O5S. The molecule has 0 amide bonds. The van der Waals surface area contributed by atoms with Gasteiger partial charge in [0.1, 0.15) is 18.2 Å². The van der Waals surface area contributed by atoms with Crippen molar-refractivity contribution >= 4 is 39.9 Å². The molecular weight excluding hydrogens is 552 g/mol. The van der Waals surface area contributed by atoms with Gasteiger partial charge in [-0.1, -0.05) is 6.07 Å². The highest BCUT2D eigenvalue weighted by Crippen LogP contribution is 2.35. The molecule has 4 aromatic rings. The number of carboxylic acid groups (broad SMARTS) is 1. The molecule has 3 fully saturated rings. The molecule has 1 aromatic carbocycles. The van der Waals surface area contributed by atoms with Crippen LogP contribution in [0.3, 0.4) is 0 Å². The largest absolute Gasteiger partial charge is 0.478 e. The number of thiophene rings is 1. The van der Waals surface area contributed by atoms with E-state index >= 15 is 0 Å². The number of pyridine rings is 1. The monoisotopic (exact) mass is 586 g/mol. The molecule has 2 saturated heterocycles. The van der Waals surface area contributed by atoms with Gasteiger partial charge >= 0.3 is 5.97 Å². The summed E-state index contributed by atoms with van der Waals surface area (Å²) in [5.74, 6) is 2.56. The Labute approximate surface area is 248 Å². The fraction of sp³-hybridized carbons (Fsp3) is 0.438. The van der Waals surface area contributed by atoms with Crippen molar-refractivity contribution in [2.24, 2.45) is 11.8 Å². The first kappa shape index (κ1) is 27.1. The lowest BCUT2D eigenvalue weighted by atomic mass is 9.93. The molecule has 0 unspecified atom stereocenters. The minimum Gasteiger partial charge on any atom is -0.478 e. The van der Waals surface area contributed by atoms with E-state index in [2.05, 4.69) is 9.47 Å². The number of nitrogens with zero attached hydrogens (tertiary/aromatic N) is 4. The number of carbonyl (C=O) groups excluding carboxylic acids is 1. The van der Waals surface area contributed by atoms with Crippen molar-refractivity contribution in [1.29, 1.82) is 0 Å². The summed E-state index contributed by atoms with van der Waals surface area (Å²) in [6, 6.07) is 15.0. The molecule has 9 nitrogen and oxygen atoms in total. The highest BCUT2D eigenvalue weighted by atomic mass is 32.1. The number of hydrogen-bond donors (Lipinski definition) is 1. The van der Waals surface area contributed by atoms with E-state index in [-0.39, 0.29) is 23.4 Å². The van der Waals surface area contributed by atoms with E-state index in [1.54, 1.807) is 12.1 Å². The maximum atomic E-state index is 12.3. The first-order valence-electron chi connectivity index (χ1n) is 14.8. The first-order chi connectivity index (χ1) is 20.5. The number of fused-ring (bicyclic) bond motifs is 1. The molecule has 2 aliphatic heterocycles. The number of imidazole rings is 1. The van der Waals surface area contributed by atoms with Crippen molar-refractivity contribution in [2.75, 3.05) is 24.6 Å². The molecule has 1 aliphatic carbocycles. The van der Waals surface area contributed by atoms with Crippen LogP contribution in [0.1, 0.15) is 62.8 Å². The fourth-order valence-electron chi connectivity index (χ4n) is 5.86. The van der Waals surface area contributed by atoms with Gasteiger partial charge in [-0.3, -0.25) is 4.79 Å². The third-order valence-corrected chi connectivity index (χ3v) is 9.66. The number of hydrogen-bond acceptors (Lipinski definition) is 8. The van der Waals surface area contributed by atoms with Gasteiger partial charge < -0.3 is 24.0 Å². The van der Waals surface area contributed by atoms with Crippen molar-refractivity contribution in [3.8, 4) is 5.88 Å². The predicted octanol–water partition coefficient (Wildman–Crippen LogP) is 5.61. The summed E-state index contributed by atoms with van der Waals surface area (Å²) in [6.45, 7) is 3.68. The van der Waals surface area contributed by atoms with Crippen molar-refractivity contribution < 1.29 is 24.2 Å². The molecule has 7 rings (SSSR count). The normalized spacial score (nSPS) is 19.1. The molecule has 218 valence electrons. The maximum Gasteiger partial charge on any atom is 0.335 e. The van der Waals surface area contributed by atoms with E-state index in [1.165, 1.54) is 11.3 Å². The van der Waals surface area contributed by atoms with Gasteiger partial charge in [-0.05, 0) is 74.4 Å². The van der Waals surface area contributed by atoms with Gasteiger partial charge in [-0.15, -0.1) is 11.3 Å². The zero-order valence-electron chi connectivity index (χ0n) is 23.4. The lowest BCUT2D eigenvalue weighted by Crippen LogP contribution is -2.35. The minimum absolute atomic E-state index is 0.157. The van der Waals surface area contributed by atoms with Crippen molar-refractivity contribution in [1.82, 2.24) is 14.5 Å². The molecule has 1 N–H and O–H groups in total. The number of ether oxygens (including phenoxy) is 2. The zero-order valence-corrected chi connectivity index (χ0v) is 24.2. The van der Waals surface area contributed by atoms with Gasteiger partial charge in [0.05, 0.1) is 34.1 Å². The number of benzene rings is 1. The molecule has 10 heteroatoms.